The molecule has 4 heterocycles. The summed E-state index contributed by atoms with van der Waals surface area (Å²) in [5.74, 6) is 1.73. The number of aromatic nitrogens is 4. The number of hydrogen-bond donors (Lipinski definition) is 0. The van der Waals surface area contributed by atoms with Gasteiger partial charge >= 0.3 is 0 Å². The molecule has 2 fully saturated rings. The second-order valence-corrected chi connectivity index (χ2v) is 10.4. The summed E-state index contributed by atoms with van der Waals surface area (Å²) < 4.78 is 13.6. The average molecular weight is 490 g/mol. The van der Waals surface area contributed by atoms with Crippen molar-refractivity contribution in [2.45, 2.75) is 57.5 Å². The molecule has 1 saturated heterocycles. The summed E-state index contributed by atoms with van der Waals surface area (Å²) in [6, 6.07) is 5.38. The Balaban J connectivity index is 1.50. The van der Waals surface area contributed by atoms with E-state index in [0.717, 1.165) is 36.5 Å². The third kappa shape index (κ3) is 3.53. The van der Waals surface area contributed by atoms with Gasteiger partial charge < -0.3 is 14.7 Å². The van der Waals surface area contributed by atoms with Gasteiger partial charge in [0, 0.05) is 48.8 Å². The van der Waals surface area contributed by atoms with Crippen molar-refractivity contribution in [2.24, 2.45) is 5.41 Å². The lowest BCUT2D eigenvalue weighted by atomic mass is 9.66. The van der Waals surface area contributed by atoms with E-state index in [1.165, 1.54) is 13.1 Å². The maximum atomic E-state index is 13.6. The number of piperazine rings is 1. The summed E-state index contributed by atoms with van der Waals surface area (Å²) in [6.45, 7) is 5.83. The maximum absolute atomic E-state index is 13.6. The van der Waals surface area contributed by atoms with Gasteiger partial charge in [-0.1, -0.05) is 6.42 Å². The molecule has 0 unspecified atom stereocenters. The molecule has 186 valence electrons. The molecule has 0 aromatic carbocycles. The number of nitriles is 2. The first-order chi connectivity index (χ1) is 17.3. The van der Waals surface area contributed by atoms with Crippen LogP contribution in [0.25, 0.3) is 0 Å². The van der Waals surface area contributed by atoms with Crippen molar-refractivity contribution in [3.05, 3.63) is 29.7 Å². The van der Waals surface area contributed by atoms with E-state index in [2.05, 4.69) is 26.2 Å². The van der Waals surface area contributed by atoms with Gasteiger partial charge in [-0.25, -0.2) is 14.4 Å². The Hall–Kier alpha value is -3.86. The van der Waals surface area contributed by atoms with Crippen LogP contribution >= 0.6 is 0 Å². The van der Waals surface area contributed by atoms with Crippen LogP contribution in [0.15, 0.2) is 18.6 Å². The second-order valence-electron chi connectivity index (χ2n) is 10.4. The number of anilines is 3. The third-order valence-electron chi connectivity index (χ3n) is 7.92. The van der Waals surface area contributed by atoms with Gasteiger partial charge in [0.1, 0.15) is 30.7 Å². The Kier molecular flexibility index (Phi) is 5.74. The highest BCUT2D eigenvalue weighted by Crippen LogP contribution is 2.56. The second kappa shape index (κ2) is 8.66. The fourth-order valence-corrected chi connectivity index (χ4v) is 5.63. The van der Waals surface area contributed by atoms with Gasteiger partial charge in [0.25, 0.3) is 0 Å². The number of hydrogen-bond acceptors (Lipinski definition) is 9. The molecule has 0 bridgehead atoms. The zero-order valence-electron chi connectivity index (χ0n) is 20.6. The lowest BCUT2D eigenvalue weighted by molar-refractivity contribution is -0.142. The first-order valence-electron chi connectivity index (χ1n) is 12.2. The smallest absolute Gasteiger partial charge is 0.245 e. The average Bonchev–Trinajstić information content (AvgIpc) is 3.25. The zero-order valence-corrected chi connectivity index (χ0v) is 20.6. The molecular weight excluding hydrogens is 461 g/mol. The zero-order chi connectivity index (χ0) is 25.7. The highest BCUT2D eigenvalue weighted by Gasteiger charge is 2.52. The number of carbonyl (C=O) groups is 1. The Morgan fingerprint density at radius 3 is 2.61 bits per heavy atom. The van der Waals surface area contributed by atoms with E-state index in [1.807, 2.05) is 24.8 Å². The highest BCUT2D eigenvalue weighted by atomic mass is 19.1. The summed E-state index contributed by atoms with van der Waals surface area (Å²) >= 11 is 0. The van der Waals surface area contributed by atoms with Crippen LogP contribution in [0, 0.1) is 28.1 Å². The number of halogens is 1. The Bertz CT molecular complexity index is 1280. The fourth-order valence-electron chi connectivity index (χ4n) is 5.63. The van der Waals surface area contributed by atoms with Gasteiger partial charge in [0.05, 0.1) is 17.8 Å². The minimum atomic E-state index is -1.68. The van der Waals surface area contributed by atoms with Gasteiger partial charge in [-0.15, -0.1) is 5.10 Å². The topological polar surface area (TPSA) is 126 Å². The van der Waals surface area contributed by atoms with E-state index in [0.29, 0.717) is 31.0 Å². The van der Waals surface area contributed by atoms with Crippen LogP contribution in [0.5, 0.6) is 0 Å². The van der Waals surface area contributed by atoms with Crippen LogP contribution in [0.1, 0.15) is 51.2 Å². The summed E-state index contributed by atoms with van der Waals surface area (Å²) in [5, 5.41) is 27.0. The van der Waals surface area contributed by atoms with E-state index in [4.69, 9.17) is 4.98 Å². The molecule has 0 radical (unpaired) electrons. The van der Waals surface area contributed by atoms with Gasteiger partial charge in [-0.3, -0.25) is 4.79 Å². The minimum absolute atomic E-state index is 0.0976. The van der Waals surface area contributed by atoms with Crippen molar-refractivity contribution >= 4 is 23.4 Å². The predicted molar refractivity (Wildman–Crippen MR) is 129 cm³/mol. The normalized spacial score (nSPS) is 23.9. The first-order valence-corrected chi connectivity index (χ1v) is 12.2. The Morgan fingerprint density at radius 1 is 1.22 bits per heavy atom. The number of carbonyl (C=O) groups excluding carboxylic acids is 1. The lowest BCUT2D eigenvalue weighted by Crippen LogP contribution is -2.61. The van der Waals surface area contributed by atoms with Crippen LogP contribution < -0.4 is 9.80 Å². The van der Waals surface area contributed by atoms with E-state index >= 15 is 0 Å². The minimum Gasteiger partial charge on any atom is -0.350 e. The van der Waals surface area contributed by atoms with Crippen molar-refractivity contribution in [1.29, 1.82) is 10.5 Å². The number of amides is 1. The van der Waals surface area contributed by atoms with Crippen LogP contribution in [0.3, 0.4) is 0 Å². The summed E-state index contributed by atoms with van der Waals surface area (Å²) in [7, 11) is 0. The van der Waals surface area contributed by atoms with Crippen LogP contribution in [0.4, 0.5) is 21.8 Å². The molecule has 11 heteroatoms. The van der Waals surface area contributed by atoms with Crippen molar-refractivity contribution in [2.75, 3.05) is 36.1 Å². The number of alkyl halides is 1. The summed E-state index contributed by atoms with van der Waals surface area (Å²) in [6.07, 6.45) is 6.10. The van der Waals surface area contributed by atoms with E-state index < -0.39 is 18.0 Å². The highest BCUT2D eigenvalue weighted by molar-refractivity contribution is 5.86. The van der Waals surface area contributed by atoms with E-state index in [9.17, 15) is 19.7 Å². The monoisotopic (exact) mass is 489 g/mol. The van der Waals surface area contributed by atoms with Crippen LogP contribution in [-0.4, -0.2) is 69.4 Å². The van der Waals surface area contributed by atoms with Crippen molar-refractivity contribution in [1.82, 2.24) is 25.1 Å². The maximum Gasteiger partial charge on any atom is 0.245 e. The SMILES string of the molecule is C[C@@H]1CN(c2ncnc3c2C2(CCC2)CN3c2cc(C#N)cnn2)[C@@H](C)CN1C(=O)[C@](C)(C#N)CF. The number of rotatable bonds is 4. The van der Waals surface area contributed by atoms with Crippen molar-refractivity contribution in [3.8, 4) is 12.1 Å². The Morgan fingerprint density at radius 2 is 1.97 bits per heavy atom. The van der Waals surface area contributed by atoms with Gasteiger partial charge in [-0.2, -0.15) is 15.6 Å². The molecule has 2 aromatic rings. The Labute approximate surface area is 209 Å². The lowest BCUT2D eigenvalue weighted by Gasteiger charge is -2.47. The predicted octanol–water partition coefficient (Wildman–Crippen LogP) is 2.64. The molecule has 3 aliphatic rings. The molecule has 3 atom stereocenters. The molecule has 2 aliphatic heterocycles. The summed E-state index contributed by atoms with van der Waals surface area (Å²) in [4.78, 5) is 28.3. The summed E-state index contributed by atoms with van der Waals surface area (Å²) in [5.41, 5.74) is -0.280. The van der Waals surface area contributed by atoms with Crippen molar-refractivity contribution < 1.29 is 9.18 Å². The van der Waals surface area contributed by atoms with Gasteiger partial charge in [-0.05, 0) is 33.6 Å². The van der Waals surface area contributed by atoms with Gasteiger partial charge in [0.2, 0.25) is 5.91 Å². The molecule has 1 amide bonds. The third-order valence-corrected chi connectivity index (χ3v) is 7.92. The molecule has 1 aliphatic carbocycles. The fraction of sp³-hybridized carbons (Fsp3) is 0.560. The molecule has 10 nitrogen and oxygen atoms in total. The largest absolute Gasteiger partial charge is 0.350 e. The molecule has 0 N–H and O–H groups in total. The first kappa shape index (κ1) is 23.9. The molecule has 1 spiro atoms. The molecule has 2 aromatic heterocycles. The molecule has 1 saturated carbocycles. The van der Waals surface area contributed by atoms with Crippen molar-refractivity contribution in [3.63, 3.8) is 0 Å². The quantitative estimate of drug-likeness (QED) is 0.637. The van der Waals surface area contributed by atoms with Gasteiger partial charge in [0.15, 0.2) is 11.2 Å². The van der Waals surface area contributed by atoms with E-state index in [1.54, 1.807) is 17.3 Å². The number of fused-ring (bicyclic) bond motifs is 2. The molecule has 36 heavy (non-hydrogen) atoms. The van der Waals surface area contributed by atoms with E-state index in [-0.39, 0.29) is 17.5 Å². The van der Waals surface area contributed by atoms with Crippen LogP contribution in [0.2, 0.25) is 0 Å². The molecular formula is C25H28FN9O. The standard InChI is InChI=1S/C25H28FN9O/c1-16-11-34(23(36)24(3,12-26)13-28)17(2)10-33(16)21-20-22(30-15-29-21)35(14-25(20)5-4-6-25)19-7-18(8-27)9-31-32-19/h7,9,15-17H,4-6,10-12,14H2,1-3H3/t16-,17+,24-/m0/s1. The number of nitrogens with zero attached hydrogens (tertiary/aromatic N) is 9. The van der Waals surface area contributed by atoms with Crippen LogP contribution in [-0.2, 0) is 10.2 Å². The molecule has 5 rings (SSSR count).